The van der Waals surface area contributed by atoms with Gasteiger partial charge in [0.05, 0.1) is 12.0 Å². The lowest BCUT2D eigenvalue weighted by molar-refractivity contribution is -0.137. The Kier molecular flexibility index (Phi) is 4.56. The van der Waals surface area contributed by atoms with Crippen molar-refractivity contribution < 1.29 is 18.0 Å². The van der Waals surface area contributed by atoms with E-state index in [9.17, 15) is 18.0 Å². The minimum atomic E-state index is -4.40. The highest BCUT2D eigenvalue weighted by molar-refractivity contribution is 9.10. The molecule has 0 bridgehead atoms. The molecule has 0 aliphatic heterocycles. The van der Waals surface area contributed by atoms with E-state index >= 15 is 0 Å². The monoisotopic (exact) mass is 309 g/mol. The second-order valence-corrected chi connectivity index (χ2v) is 4.39. The van der Waals surface area contributed by atoms with E-state index in [0.29, 0.717) is 16.6 Å². The molecule has 94 valence electrons. The fourth-order valence-electron chi connectivity index (χ4n) is 1.36. The first-order valence-electron chi connectivity index (χ1n) is 4.96. The molecule has 0 atom stereocenters. The number of hydrogen-bond donors (Lipinski definition) is 1. The molecule has 1 N–H and O–H groups in total. The number of nitrogens with one attached hydrogen (secondary N) is 1. The van der Waals surface area contributed by atoms with Crippen molar-refractivity contribution in [2.75, 3.05) is 6.54 Å². The predicted octanol–water partition coefficient (Wildman–Crippen LogP) is 3.15. The van der Waals surface area contributed by atoms with Crippen LogP contribution in [0.3, 0.4) is 0 Å². The normalized spacial score (nSPS) is 11.4. The lowest BCUT2D eigenvalue weighted by Gasteiger charge is -2.10. The smallest absolute Gasteiger partial charge is 0.356 e. The number of rotatable bonds is 3. The second-order valence-electron chi connectivity index (χ2n) is 3.48. The number of likely N-dealkylation sites (N-methyl/N-ethyl adjacent to an activating group) is 1. The van der Waals surface area contributed by atoms with Gasteiger partial charge in [-0.3, -0.25) is 4.79 Å². The van der Waals surface area contributed by atoms with E-state index in [-0.39, 0.29) is 12.3 Å². The van der Waals surface area contributed by atoms with E-state index in [4.69, 9.17) is 0 Å². The number of hydrogen-bond acceptors (Lipinski definition) is 1. The highest BCUT2D eigenvalue weighted by Crippen LogP contribution is 2.32. The van der Waals surface area contributed by atoms with Gasteiger partial charge in [-0.1, -0.05) is 15.9 Å². The fraction of sp³-hybridized carbons (Fsp3) is 0.364. The molecular formula is C11H11BrF3NO. The number of alkyl halides is 3. The topological polar surface area (TPSA) is 29.1 Å². The molecule has 1 aromatic rings. The minimum Gasteiger partial charge on any atom is -0.356 e. The predicted molar refractivity (Wildman–Crippen MR) is 61.5 cm³/mol. The quantitative estimate of drug-likeness (QED) is 0.913. The van der Waals surface area contributed by atoms with Crippen molar-refractivity contribution >= 4 is 21.8 Å². The van der Waals surface area contributed by atoms with Crippen molar-refractivity contribution in [1.82, 2.24) is 5.32 Å². The van der Waals surface area contributed by atoms with E-state index in [0.717, 1.165) is 12.1 Å². The Morgan fingerprint density at radius 1 is 1.35 bits per heavy atom. The van der Waals surface area contributed by atoms with Crippen LogP contribution in [0.1, 0.15) is 18.1 Å². The summed E-state index contributed by atoms with van der Waals surface area (Å²) in [6.07, 6.45) is -4.46. The summed E-state index contributed by atoms with van der Waals surface area (Å²) in [5.41, 5.74) is -0.427. The largest absolute Gasteiger partial charge is 0.416 e. The number of amides is 1. The van der Waals surface area contributed by atoms with Crippen molar-refractivity contribution in [3.63, 3.8) is 0 Å². The molecule has 0 fully saturated rings. The van der Waals surface area contributed by atoms with Gasteiger partial charge in [0.2, 0.25) is 5.91 Å². The first kappa shape index (κ1) is 14.0. The van der Waals surface area contributed by atoms with Crippen molar-refractivity contribution in [2.45, 2.75) is 19.5 Å². The van der Waals surface area contributed by atoms with Crippen LogP contribution >= 0.6 is 15.9 Å². The van der Waals surface area contributed by atoms with Crippen molar-refractivity contribution in [3.05, 3.63) is 33.8 Å². The summed E-state index contributed by atoms with van der Waals surface area (Å²) in [6.45, 7) is 2.21. The van der Waals surface area contributed by atoms with Crippen molar-refractivity contribution in [2.24, 2.45) is 0 Å². The van der Waals surface area contributed by atoms with E-state index in [1.807, 2.05) is 0 Å². The summed E-state index contributed by atoms with van der Waals surface area (Å²) in [4.78, 5) is 11.3. The highest BCUT2D eigenvalue weighted by atomic mass is 79.9. The van der Waals surface area contributed by atoms with E-state index in [1.165, 1.54) is 6.07 Å². The number of carbonyl (C=O) groups excluding carboxylic acids is 1. The molecule has 0 unspecified atom stereocenters. The lowest BCUT2D eigenvalue weighted by Crippen LogP contribution is -2.24. The Balaban J connectivity index is 2.94. The minimum absolute atomic E-state index is 0.0592. The summed E-state index contributed by atoms with van der Waals surface area (Å²) in [5.74, 6) is -0.293. The maximum absolute atomic E-state index is 12.5. The third kappa shape index (κ3) is 4.38. The van der Waals surface area contributed by atoms with E-state index in [1.54, 1.807) is 6.92 Å². The number of benzene rings is 1. The average molecular weight is 310 g/mol. The van der Waals surface area contributed by atoms with E-state index < -0.39 is 11.7 Å². The second kappa shape index (κ2) is 5.53. The molecule has 0 saturated heterocycles. The van der Waals surface area contributed by atoms with Crippen LogP contribution in [0.4, 0.5) is 13.2 Å². The van der Waals surface area contributed by atoms with Gasteiger partial charge in [-0.2, -0.15) is 13.2 Å². The number of carbonyl (C=O) groups is 1. The molecule has 0 aromatic heterocycles. The van der Waals surface area contributed by atoms with Crippen LogP contribution in [0, 0.1) is 0 Å². The summed E-state index contributed by atoms with van der Waals surface area (Å²) in [6, 6.07) is 3.48. The lowest BCUT2D eigenvalue weighted by atomic mass is 10.1. The van der Waals surface area contributed by atoms with E-state index in [2.05, 4.69) is 21.2 Å². The molecule has 1 amide bonds. The van der Waals surface area contributed by atoms with Crippen LogP contribution in [-0.2, 0) is 17.4 Å². The SMILES string of the molecule is CCNC(=O)Cc1cc(Br)cc(C(F)(F)F)c1. The van der Waals surface area contributed by atoms with Crippen LogP contribution in [-0.4, -0.2) is 12.5 Å². The Bertz CT molecular complexity index is 418. The molecule has 1 aromatic carbocycles. The molecule has 0 spiro atoms. The van der Waals surface area contributed by atoms with Gasteiger partial charge < -0.3 is 5.32 Å². The van der Waals surface area contributed by atoms with Gasteiger partial charge in [0.15, 0.2) is 0 Å². The van der Waals surface area contributed by atoms with Gasteiger partial charge in [0.25, 0.3) is 0 Å². The van der Waals surface area contributed by atoms with Gasteiger partial charge in [-0.05, 0) is 30.7 Å². The van der Waals surface area contributed by atoms with Crippen molar-refractivity contribution in [3.8, 4) is 0 Å². The Hall–Kier alpha value is -1.04. The molecule has 0 radical (unpaired) electrons. The zero-order valence-corrected chi connectivity index (χ0v) is 10.7. The van der Waals surface area contributed by atoms with Crippen LogP contribution in [0.25, 0.3) is 0 Å². The molecule has 0 aliphatic carbocycles. The molecule has 6 heteroatoms. The fourth-order valence-corrected chi connectivity index (χ4v) is 1.90. The van der Waals surface area contributed by atoms with Gasteiger partial charge in [0.1, 0.15) is 0 Å². The third-order valence-electron chi connectivity index (χ3n) is 2.02. The summed E-state index contributed by atoms with van der Waals surface area (Å²) >= 11 is 3.00. The Morgan fingerprint density at radius 3 is 2.53 bits per heavy atom. The first-order valence-corrected chi connectivity index (χ1v) is 5.75. The molecule has 0 saturated carbocycles. The first-order chi connectivity index (χ1) is 7.82. The molecule has 2 nitrogen and oxygen atoms in total. The summed E-state index contributed by atoms with van der Waals surface area (Å²) < 4.78 is 37.8. The van der Waals surface area contributed by atoms with Crippen LogP contribution in [0.2, 0.25) is 0 Å². The summed E-state index contributed by atoms with van der Waals surface area (Å²) in [5, 5.41) is 2.54. The van der Waals surface area contributed by atoms with Crippen LogP contribution in [0.15, 0.2) is 22.7 Å². The van der Waals surface area contributed by atoms with Crippen LogP contribution < -0.4 is 5.32 Å². The molecule has 1 rings (SSSR count). The van der Waals surface area contributed by atoms with Gasteiger partial charge >= 0.3 is 6.18 Å². The Labute approximate surface area is 105 Å². The average Bonchev–Trinajstić information content (AvgIpc) is 2.15. The van der Waals surface area contributed by atoms with Gasteiger partial charge in [0, 0.05) is 11.0 Å². The maximum atomic E-state index is 12.5. The summed E-state index contributed by atoms with van der Waals surface area (Å²) in [7, 11) is 0. The molecular weight excluding hydrogens is 299 g/mol. The van der Waals surface area contributed by atoms with Crippen molar-refractivity contribution in [1.29, 1.82) is 0 Å². The molecule has 0 aliphatic rings. The van der Waals surface area contributed by atoms with Gasteiger partial charge in [-0.15, -0.1) is 0 Å². The van der Waals surface area contributed by atoms with Crippen LogP contribution in [0.5, 0.6) is 0 Å². The zero-order valence-electron chi connectivity index (χ0n) is 9.07. The maximum Gasteiger partial charge on any atom is 0.416 e. The zero-order chi connectivity index (χ0) is 13.1. The highest BCUT2D eigenvalue weighted by Gasteiger charge is 2.31. The Morgan fingerprint density at radius 2 is 2.00 bits per heavy atom. The van der Waals surface area contributed by atoms with Gasteiger partial charge in [-0.25, -0.2) is 0 Å². The standard InChI is InChI=1S/C11H11BrF3NO/c1-2-16-10(17)5-7-3-8(11(13,14)15)6-9(12)4-7/h3-4,6H,2,5H2,1H3,(H,16,17). The number of halogens is 4. The molecule has 17 heavy (non-hydrogen) atoms. The third-order valence-corrected chi connectivity index (χ3v) is 2.48. The molecule has 0 heterocycles.